The number of carboxylic acid groups (broad SMARTS) is 1. The molecule has 2 aromatic rings. The van der Waals surface area contributed by atoms with Crippen molar-refractivity contribution in [1.29, 1.82) is 0 Å². The fraction of sp³-hybridized carbons (Fsp3) is 0.150. The third-order valence-corrected chi connectivity index (χ3v) is 5.30. The van der Waals surface area contributed by atoms with E-state index in [2.05, 4.69) is 4.99 Å². The molecule has 0 unspecified atom stereocenters. The predicted molar refractivity (Wildman–Crippen MR) is 111 cm³/mol. The number of aliphatic imine (C=N–C) groups is 1. The van der Waals surface area contributed by atoms with Crippen molar-refractivity contribution >= 4 is 52.2 Å². The van der Waals surface area contributed by atoms with Crippen LogP contribution in [0.4, 0.5) is 5.69 Å². The Morgan fingerprint density at radius 3 is 2.75 bits per heavy atom. The second kappa shape index (κ2) is 8.50. The van der Waals surface area contributed by atoms with Crippen molar-refractivity contribution in [2.45, 2.75) is 6.92 Å². The number of ether oxygens (including phenoxy) is 1. The minimum atomic E-state index is -1.03. The first kappa shape index (κ1) is 20.0. The molecule has 1 N–H and O–H groups in total. The number of thioether (sulfide) groups is 1. The van der Waals surface area contributed by atoms with Crippen LogP contribution in [-0.4, -0.2) is 40.7 Å². The monoisotopic (exact) mass is 416 g/mol. The summed E-state index contributed by atoms with van der Waals surface area (Å²) in [5.41, 5.74) is 1.39. The van der Waals surface area contributed by atoms with E-state index in [1.165, 1.54) is 31.0 Å². The van der Waals surface area contributed by atoms with E-state index in [1.54, 1.807) is 35.2 Å². The van der Waals surface area contributed by atoms with Crippen LogP contribution in [0.15, 0.2) is 52.4 Å². The number of carbonyl (C=O) groups is 2. The molecule has 1 heterocycles. The fourth-order valence-corrected chi connectivity index (χ4v) is 3.94. The van der Waals surface area contributed by atoms with Crippen molar-refractivity contribution in [3.05, 3.63) is 63.5 Å². The fourth-order valence-electron chi connectivity index (χ4n) is 2.61. The van der Waals surface area contributed by atoms with E-state index in [4.69, 9.17) is 21.4 Å². The summed E-state index contributed by atoms with van der Waals surface area (Å²) < 4.78 is 5.14. The number of rotatable bonds is 5. The molecule has 1 aliphatic heterocycles. The van der Waals surface area contributed by atoms with Gasteiger partial charge in [0.2, 0.25) is 0 Å². The van der Waals surface area contributed by atoms with Crippen LogP contribution < -0.4 is 4.74 Å². The van der Waals surface area contributed by atoms with Gasteiger partial charge in [-0.15, -0.1) is 0 Å². The van der Waals surface area contributed by atoms with Gasteiger partial charge in [-0.2, -0.15) is 0 Å². The number of amidine groups is 1. The summed E-state index contributed by atoms with van der Waals surface area (Å²) in [6.45, 7) is 2.30. The lowest BCUT2D eigenvalue weighted by Gasteiger charge is -2.12. The van der Waals surface area contributed by atoms with E-state index in [0.29, 0.717) is 33.1 Å². The number of benzene rings is 2. The van der Waals surface area contributed by atoms with Crippen LogP contribution in [0, 0.1) is 0 Å². The maximum atomic E-state index is 12.7. The van der Waals surface area contributed by atoms with E-state index in [9.17, 15) is 9.59 Å². The standard InChI is InChI=1S/C20H17ClN2O4S/c1-3-23-18(24)17(10-12-7-8-16(27-2)15(21)9-12)28-20(23)22-14-6-4-5-13(11-14)19(25)26/h4-11H,3H2,1-2H3,(H,25,26). The van der Waals surface area contributed by atoms with Crippen molar-refractivity contribution in [3.8, 4) is 5.75 Å². The number of carbonyl (C=O) groups excluding carboxylic acids is 1. The third-order valence-electron chi connectivity index (χ3n) is 4.00. The summed E-state index contributed by atoms with van der Waals surface area (Å²) in [7, 11) is 1.54. The molecule has 3 rings (SSSR count). The summed E-state index contributed by atoms with van der Waals surface area (Å²) in [6, 6.07) is 11.6. The molecule has 144 valence electrons. The average molecular weight is 417 g/mol. The number of nitrogens with zero attached hydrogens (tertiary/aromatic N) is 2. The van der Waals surface area contributed by atoms with Crippen molar-refractivity contribution < 1.29 is 19.4 Å². The average Bonchev–Trinajstić information content (AvgIpc) is 2.96. The van der Waals surface area contributed by atoms with Gasteiger partial charge in [0.05, 0.1) is 28.3 Å². The number of hydrogen-bond acceptors (Lipinski definition) is 5. The topological polar surface area (TPSA) is 79.2 Å². The van der Waals surface area contributed by atoms with E-state index >= 15 is 0 Å². The van der Waals surface area contributed by atoms with Crippen molar-refractivity contribution in [2.75, 3.05) is 13.7 Å². The number of halogens is 1. The molecule has 0 bridgehead atoms. The smallest absolute Gasteiger partial charge is 0.335 e. The Balaban J connectivity index is 1.93. The normalized spacial score (nSPS) is 16.8. The van der Waals surface area contributed by atoms with Crippen molar-refractivity contribution in [2.24, 2.45) is 4.99 Å². The summed E-state index contributed by atoms with van der Waals surface area (Å²) in [6.07, 6.45) is 1.75. The number of amides is 1. The molecule has 0 spiro atoms. The number of methoxy groups -OCH3 is 1. The van der Waals surface area contributed by atoms with Gasteiger partial charge in [0.25, 0.3) is 5.91 Å². The maximum absolute atomic E-state index is 12.7. The zero-order chi connectivity index (χ0) is 20.3. The summed E-state index contributed by atoms with van der Waals surface area (Å²) >= 11 is 7.39. The highest BCUT2D eigenvalue weighted by molar-refractivity contribution is 8.18. The lowest BCUT2D eigenvalue weighted by Crippen LogP contribution is -2.28. The third kappa shape index (κ3) is 4.21. The van der Waals surface area contributed by atoms with E-state index in [-0.39, 0.29) is 11.5 Å². The second-order valence-corrected chi connectivity index (χ2v) is 7.22. The number of aromatic carboxylic acids is 1. The second-order valence-electron chi connectivity index (χ2n) is 5.80. The molecule has 0 aromatic heterocycles. The quantitative estimate of drug-likeness (QED) is 0.716. The molecular formula is C20H17ClN2O4S. The van der Waals surface area contributed by atoms with Crippen LogP contribution in [-0.2, 0) is 4.79 Å². The van der Waals surface area contributed by atoms with Crippen LogP contribution in [0.2, 0.25) is 5.02 Å². The van der Waals surface area contributed by atoms with E-state index in [1.807, 2.05) is 13.0 Å². The Bertz CT molecular complexity index is 1000. The number of carboxylic acids is 1. The van der Waals surface area contributed by atoms with Gasteiger partial charge in [-0.25, -0.2) is 9.79 Å². The zero-order valence-corrected chi connectivity index (χ0v) is 16.8. The van der Waals surface area contributed by atoms with Gasteiger partial charge in [0.15, 0.2) is 5.17 Å². The number of hydrogen-bond donors (Lipinski definition) is 1. The first-order valence-corrected chi connectivity index (χ1v) is 9.59. The van der Waals surface area contributed by atoms with Gasteiger partial charge in [0.1, 0.15) is 5.75 Å². The molecule has 1 aliphatic rings. The van der Waals surface area contributed by atoms with Crippen molar-refractivity contribution in [1.82, 2.24) is 4.90 Å². The van der Waals surface area contributed by atoms with Crippen LogP contribution >= 0.6 is 23.4 Å². The van der Waals surface area contributed by atoms with Crippen LogP contribution in [0.25, 0.3) is 6.08 Å². The Kier molecular flexibility index (Phi) is 6.06. The van der Waals surface area contributed by atoms with E-state index in [0.717, 1.165) is 5.56 Å². The minimum absolute atomic E-state index is 0.142. The Hall–Kier alpha value is -2.77. The maximum Gasteiger partial charge on any atom is 0.335 e. The van der Waals surface area contributed by atoms with Gasteiger partial charge >= 0.3 is 5.97 Å². The summed E-state index contributed by atoms with van der Waals surface area (Å²) in [5.74, 6) is -0.626. The zero-order valence-electron chi connectivity index (χ0n) is 15.2. The molecule has 1 saturated heterocycles. The molecule has 0 saturated carbocycles. The summed E-state index contributed by atoms with van der Waals surface area (Å²) in [4.78, 5) is 30.4. The predicted octanol–water partition coefficient (Wildman–Crippen LogP) is 4.67. The first-order valence-electron chi connectivity index (χ1n) is 8.40. The molecule has 1 amide bonds. The van der Waals surface area contributed by atoms with Crippen LogP contribution in [0.3, 0.4) is 0 Å². The van der Waals surface area contributed by atoms with Gasteiger partial charge in [-0.1, -0.05) is 23.7 Å². The lowest BCUT2D eigenvalue weighted by atomic mass is 10.2. The molecule has 0 atom stereocenters. The molecule has 6 nitrogen and oxygen atoms in total. The first-order chi connectivity index (χ1) is 13.4. The Morgan fingerprint density at radius 1 is 1.32 bits per heavy atom. The molecule has 2 aromatic carbocycles. The highest BCUT2D eigenvalue weighted by Crippen LogP contribution is 2.35. The van der Waals surface area contributed by atoms with Gasteiger partial charge in [0, 0.05) is 6.54 Å². The van der Waals surface area contributed by atoms with Gasteiger partial charge in [-0.05, 0) is 60.7 Å². The number of likely N-dealkylation sites (N-methyl/N-ethyl adjacent to an activating group) is 1. The molecule has 8 heteroatoms. The van der Waals surface area contributed by atoms with Gasteiger partial charge < -0.3 is 9.84 Å². The van der Waals surface area contributed by atoms with Gasteiger partial charge in [-0.3, -0.25) is 9.69 Å². The summed E-state index contributed by atoms with van der Waals surface area (Å²) in [5, 5.41) is 10.1. The van der Waals surface area contributed by atoms with Crippen LogP contribution in [0.1, 0.15) is 22.8 Å². The van der Waals surface area contributed by atoms with Crippen LogP contribution in [0.5, 0.6) is 5.75 Å². The lowest BCUT2D eigenvalue weighted by molar-refractivity contribution is -0.122. The molecule has 28 heavy (non-hydrogen) atoms. The highest BCUT2D eigenvalue weighted by Gasteiger charge is 2.32. The largest absolute Gasteiger partial charge is 0.495 e. The molecule has 1 fully saturated rings. The molecule has 0 aliphatic carbocycles. The Labute approximate surface area is 171 Å². The molecule has 0 radical (unpaired) electrons. The van der Waals surface area contributed by atoms with E-state index < -0.39 is 5.97 Å². The minimum Gasteiger partial charge on any atom is -0.495 e. The van der Waals surface area contributed by atoms with Crippen molar-refractivity contribution in [3.63, 3.8) is 0 Å². The Morgan fingerprint density at radius 2 is 2.11 bits per heavy atom. The molecular weight excluding hydrogens is 400 g/mol. The highest BCUT2D eigenvalue weighted by atomic mass is 35.5. The SMILES string of the molecule is CCN1C(=O)C(=Cc2ccc(OC)c(Cl)c2)SC1=Nc1cccc(C(=O)O)c1.